The predicted molar refractivity (Wildman–Crippen MR) is 164 cm³/mol. The molecule has 2 N–H and O–H groups in total. The Morgan fingerprint density at radius 2 is 1.44 bits per heavy atom. The van der Waals surface area contributed by atoms with Gasteiger partial charge in [-0.3, -0.25) is 0 Å². The SMILES string of the molecule is C#C[C@]1(O)CC[C@H]2[C@@H]3CC[C@@]4(O)CC5(CCC4=C3[C@@H](c3ccc(C4OCC(C)(C)CO4)cc3)C[C@@]21C)OCC(C)(C)CO5. The Balaban J connectivity index is 1.26. The van der Waals surface area contributed by atoms with Crippen molar-refractivity contribution in [3.05, 3.63) is 46.5 Å². The molecule has 0 radical (unpaired) electrons. The smallest absolute Gasteiger partial charge is 0.183 e. The minimum absolute atomic E-state index is 0.0166. The van der Waals surface area contributed by atoms with Crippen LogP contribution in [0, 0.1) is 40.4 Å². The Morgan fingerprint density at radius 1 is 0.814 bits per heavy atom. The van der Waals surface area contributed by atoms with Gasteiger partial charge in [-0.2, -0.15) is 0 Å². The minimum atomic E-state index is -1.12. The molecule has 2 aliphatic heterocycles. The first-order chi connectivity index (χ1) is 20.2. The van der Waals surface area contributed by atoms with E-state index in [1.54, 1.807) is 0 Å². The van der Waals surface area contributed by atoms with Crippen molar-refractivity contribution >= 4 is 0 Å². The molecule has 1 aromatic carbocycles. The fourth-order valence-corrected chi connectivity index (χ4v) is 9.56. The van der Waals surface area contributed by atoms with E-state index in [1.807, 2.05) is 0 Å². The molecule has 4 aliphatic carbocycles. The van der Waals surface area contributed by atoms with Crippen LogP contribution in [-0.4, -0.2) is 53.6 Å². The maximum Gasteiger partial charge on any atom is 0.183 e. The second-order valence-corrected chi connectivity index (χ2v) is 16.5. The van der Waals surface area contributed by atoms with Crippen molar-refractivity contribution in [1.29, 1.82) is 0 Å². The molecule has 5 fully saturated rings. The summed E-state index contributed by atoms with van der Waals surface area (Å²) in [4.78, 5) is 0. The average Bonchev–Trinajstić information content (AvgIpc) is 3.24. The molecular weight excluding hydrogens is 540 g/mol. The highest BCUT2D eigenvalue weighted by Gasteiger charge is 2.64. The first kappa shape index (κ1) is 30.0. The quantitative estimate of drug-likeness (QED) is 0.306. The summed E-state index contributed by atoms with van der Waals surface area (Å²) in [6.07, 6.45) is 11.6. The maximum absolute atomic E-state index is 12.4. The van der Waals surface area contributed by atoms with Gasteiger partial charge in [-0.05, 0) is 61.5 Å². The lowest BCUT2D eigenvalue weighted by molar-refractivity contribution is -0.322. The minimum Gasteiger partial charge on any atom is -0.385 e. The van der Waals surface area contributed by atoms with Gasteiger partial charge in [0.05, 0.1) is 32.0 Å². The summed E-state index contributed by atoms with van der Waals surface area (Å²) >= 11 is 0. The molecule has 2 saturated heterocycles. The molecule has 6 heteroatoms. The maximum atomic E-state index is 12.4. The molecule has 6 atom stereocenters. The topological polar surface area (TPSA) is 77.4 Å². The summed E-state index contributed by atoms with van der Waals surface area (Å²) in [6, 6.07) is 8.67. The first-order valence-electron chi connectivity index (χ1n) is 16.5. The molecule has 234 valence electrons. The van der Waals surface area contributed by atoms with Crippen LogP contribution in [-0.2, 0) is 18.9 Å². The van der Waals surface area contributed by atoms with Gasteiger partial charge in [0.25, 0.3) is 0 Å². The summed E-state index contributed by atoms with van der Waals surface area (Å²) in [7, 11) is 0. The van der Waals surface area contributed by atoms with Crippen LogP contribution in [0.3, 0.4) is 0 Å². The zero-order valence-corrected chi connectivity index (χ0v) is 26.7. The Kier molecular flexibility index (Phi) is 6.89. The Morgan fingerprint density at radius 3 is 2.09 bits per heavy atom. The first-order valence-corrected chi connectivity index (χ1v) is 16.5. The van der Waals surface area contributed by atoms with Crippen LogP contribution in [0.25, 0.3) is 0 Å². The Hall–Kier alpha value is -1.72. The van der Waals surface area contributed by atoms with Gasteiger partial charge in [0.15, 0.2) is 12.1 Å². The van der Waals surface area contributed by atoms with Crippen LogP contribution >= 0.6 is 0 Å². The van der Waals surface area contributed by atoms with Crippen LogP contribution in [0.15, 0.2) is 35.4 Å². The van der Waals surface area contributed by atoms with Crippen LogP contribution in [0.4, 0.5) is 0 Å². The molecule has 0 bridgehead atoms. The highest BCUT2D eigenvalue weighted by atomic mass is 16.7. The third kappa shape index (κ3) is 4.77. The fraction of sp³-hybridized carbons (Fsp3) is 0.730. The molecule has 6 aliphatic rings. The third-order valence-corrected chi connectivity index (χ3v) is 12.1. The molecule has 0 unspecified atom stereocenters. The molecule has 43 heavy (non-hydrogen) atoms. The van der Waals surface area contributed by atoms with E-state index in [2.05, 4.69) is 64.8 Å². The molecule has 7 rings (SSSR count). The van der Waals surface area contributed by atoms with E-state index in [-0.39, 0.29) is 29.0 Å². The summed E-state index contributed by atoms with van der Waals surface area (Å²) in [5.74, 6) is 2.77. The largest absolute Gasteiger partial charge is 0.385 e. The molecule has 3 saturated carbocycles. The van der Waals surface area contributed by atoms with Crippen molar-refractivity contribution in [1.82, 2.24) is 0 Å². The van der Waals surface area contributed by atoms with Crippen molar-refractivity contribution in [3.63, 3.8) is 0 Å². The Labute approximate surface area is 257 Å². The monoisotopic (exact) mass is 590 g/mol. The molecule has 0 amide bonds. The van der Waals surface area contributed by atoms with Gasteiger partial charge >= 0.3 is 0 Å². The number of allylic oxidation sites excluding steroid dienone is 1. The van der Waals surface area contributed by atoms with Gasteiger partial charge in [-0.15, -0.1) is 6.42 Å². The number of benzene rings is 1. The van der Waals surface area contributed by atoms with Gasteiger partial charge in [-0.1, -0.05) is 70.4 Å². The summed E-state index contributed by atoms with van der Waals surface area (Å²) in [5, 5.41) is 24.2. The second-order valence-electron chi connectivity index (χ2n) is 16.5. The van der Waals surface area contributed by atoms with Gasteiger partial charge in [-0.25, -0.2) is 0 Å². The average molecular weight is 591 g/mol. The number of aliphatic hydroxyl groups is 2. The van der Waals surface area contributed by atoms with Crippen molar-refractivity contribution < 1.29 is 29.2 Å². The van der Waals surface area contributed by atoms with Crippen molar-refractivity contribution in [2.24, 2.45) is 28.1 Å². The highest BCUT2D eigenvalue weighted by molar-refractivity contribution is 5.45. The van der Waals surface area contributed by atoms with Crippen LogP contribution < -0.4 is 0 Å². The van der Waals surface area contributed by atoms with E-state index in [4.69, 9.17) is 25.4 Å². The third-order valence-electron chi connectivity index (χ3n) is 12.1. The lowest BCUT2D eigenvalue weighted by Crippen LogP contribution is -2.58. The summed E-state index contributed by atoms with van der Waals surface area (Å²) in [5.41, 5.74) is 2.34. The van der Waals surface area contributed by atoms with E-state index in [9.17, 15) is 10.2 Å². The normalized spacial score (nSPS) is 41.7. The molecule has 2 heterocycles. The molecular formula is C37H50O6. The zero-order valence-electron chi connectivity index (χ0n) is 26.7. The zero-order chi connectivity index (χ0) is 30.5. The van der Waals surface area contributed by atoms with Gasteiger partial charge < -0.3 is 29.2 Å². The lowest BCUT2D eigenvalue weighted by atomic mass is 9.49. The second kappa shape index (κ2) is 9.89. The van der Waals surface area contributed by atoms with E-state index >= 15 is 0 Å². The van der Waals surface area contributed by atoms with E-state index in [1.165, 1.54) is 16.7 Å². The van der Waals surface area contributed by atoms with E-state index in [0.717, 1.165) is 37.7 Å². The van der Waals surface area contributed by atoms with Gasteiger partial charge in [0.2, 0.25) is 0 Å². The number of hydrogen-bond acceptors (Lipinski definition) is 6. The molecule has 0 aromatic heterocycles. The van der Waals surface area contributed by atoms with Crippen LogP contribution in [0.2, 0.25) is 0 Å². The van der Waals surface area contributed by atoms with E-state index < -0.39 is 22.4 Å². The van der Waals surface area contributed by atoms with Crippen LogP contribution in [0.5, 0.6) is 0 Å². The number of fused-ring (bicyclic) bond motifs is 4. The predicted octanol–water partition coefficient (Wildman–Crippen LogP) is 6.42. The standard InChI is InChI=1S/C37H50O6/c1-7-36(39)16-13-28-26-12-15-35(38)19-37(42-22-33(4,5)23-43-37)17-14-29(35)30(26)27(18-34(28,36)6)24-8-10-25(11-9-24)31-40-20-32(2,3)21-41-31/h1,8-11,26-28,31,38-39H,12-23H2,2-6H3/t26-,27+,28-,34-,35+,36-/m0/s1. The highest BCUT2D eigenvalue weighted by Crippen LogP contribution is 2.68. The molecule has 1 spiro atoms. The van der Waals surface area contributed by atoms with Gasteiger partial charge in [0.1, 0.15) is 5.60 Å². The Bertz CT molecular complexity index is 1320. The number of terminal acetylenes is 1. The van der Waals surface area contributed by atoms with Crippen molar-refractivity contribution in [3.8, 4) is 12.3 Å². The molecule has 6 nitrogen and oxygen atoms in total. The lowest BCUT2D eigenvalue weighted by Gasteiger charge is -2.58. The van der Waals surface area contributed by atoms with E-state index in [0.29, 0.717) is 51.6 Å². The van der Waals surface area contributed by atoms with Crippen LogP contribution in [0.1, 0.15) is 109 Å². The summed E-state index contributed by atoms with van der Waals surface area (Å²) < 4.78 is 25.0. The van der Waals surface area contributed by atoms with Crippen molar-refractivity contribution in [2.75, 3.05) is 26.4 Å². The van der Waals surface area contributed by atoms with Crippen molar-refractivity contribution in [2.45, 2.75) is 115 Å². The van der Waals surface area contributed by atoms with Gasteiger partial charge in [0, 0.05) is 40.6 Å². The number of hydrogen-bond donors (Lipinski definition) is 2. The number of ether oxygens (including phenoxy) is 4. The molecule has 1 aromatic rings. The fourth-order valence-electron chi connectivity index (χ4n) is 9.56. The number of rotatable bonds is 2. The summed E-state index contributed by atoms with van der Waals surface area (Å²) in [6.45, 7) is 13.5.